The molecule has 0 atom stereocenters. The van der Waals surface area contributed by atoms with E-state index in [1.807, 2.05) is 36.4 Å². The van der Waals surface area contributed by atoms with Gasteiger partial charge < -0.3 is 12.2 Å². The second kappa shape index (κ2) is 10.0. The standard InChI is InChI=1S/C18H24NP2S2.K/c1-15(2)20(22,16(3)4)19-21(23,17-11-7-5-8-12-17)18-13-9-6-10-14-18;/h5-16H,1-4H3;/q-1;+1. The average molecular weight is 420 g/mol. The first kappa shape index (κ1) is 23.3. The van der Waals surface area contributed by atoms with E-state index in [1.54, 1.807) is 0 Å². The maximum atomic E-state index is 6.23. The number of rotatable bonds is 5. The van der Waals surface area contributed by atoms with Crippen LogP contribution < -0.4 is 62.0 Å². The van der Waals surface area contributed by atoms with Gasteiger partial charge in [-0.2, -0.15) is 0 Å². The summed E-state index contributed by atoms with van der Waals surface area (Å²) in [5.41, 5.74) is 0.736. The van der Waals surface area contributed by atoms with Gasteiger partial charge in [-0.1, -0.05) is 106 Å². The van der Waals surface area contributed by atoms with Gasteiger partial charge in [0, 0.05) is 11.3 Å². The van der Waals surface area contributed by atoms with Crippen LogP contribution in [0.1, 0.15) is 27.7 Å². The summed E-state index contributed by atoms with van der Waals surface area (Å²) in [7, 11) is 0. The molecular weight excluding hydrogens is 395 g/mol. The van der Waals surface area contributed by atoms with E-state index in [-0.39, 0.29) is 51.4 Å². The van der Waals surface area contributed by atoms with Crippen LogP contribution >= 0.6 is 12.4 Å². The van der Waals surface area contributed by atoms with Crippen molar-refractivity contribution in [2.75, 3.05) is 0 Å². The van der Waals surface area contributed by atoms with E-state index < -0.39 is 12.4 Å². The Labute approximate surface area is 200 Å². The van der Waals surface area contributed by atoms with Crippen LogP contribution in [0, 0.1) is 0 Å². The van der Waals surface area contributed by atoms with Crippen LogP contribution in [0.5, 0.6) is 0 Å². The molecule has 124 valence electrons. The molecule has 2 aromatic carbocycles. The number of hydrogen-bond acceptors (Lipinski definition) is 2. The smallest absolute Gasteiger partial charge is 0.730 e. The van der Waals surface area contributed by atoms with Crippen molar-refractivity contribution in [3.8, 4) is 0 Å². The Kier molecular flexibility index (Phi) is 9.74. The summed E-state index contributed by atoms with van der Waals surface area (Å²) in [5.74, 6) is 0. The quantitative estimate of drug-likeness (QED) is 0.420. The Balaban J connectivity index is 0.00000288. The molecule has 0 N–H and O–H groups in total. The molecular formula is C18H24KNP2S2. The largest absolute Gasteiger partial charge is 1.00 e. The zero-order valence-electron chi connectivity index (χ0n) is 15.1. The van der Waals surface area contributed by atoms with E-state index in [9.17, 15) is 0 Å². The molecule has 0 unspecified atom stereocenters. The molecule has 0 aliphatic heterocycles. The predicted octanol–water partition coefficient (Wildman–Crippen LogP) is 2.52. The van der Waals surface area contributed by atoms with Gasteiger partial charge >= 0.3 is 51.4 Å². The van der Waals surface area contributed by atoms with Crippen molar-refractivity contribution >= 4 is 47.1 Å². The molecule has 0 spiro atoms. The summed E-state index contributed by atoms with van der Waals surface area (Å²) in [6.45, 7) is 8.78. The molecule has 0 saturated carbocycles. The molecule has 0 aliphatic carbocycles. The molecule has 0 radical (unpaired) electrons. The van der Waals surface area contributed by atoms with Gasteiger partial charge in [0.2, 0.25) is 0 Å². The molecule has 0 saturated heterocycles. The summed E-state index contributed by atoms with van der Waals surface area (Å²) in [5, 5.41) is 2.27. The molecule has 0 aliphatic rings. The van der Waals surface area contributed by atoms with Gasteiger partial charge in [-0.3, -0.25) is 4.52 Å². The van der Waals surface area contributed by atoms with Crippen molar-refractivity contribution in [1.82, 2.24) is 0 Å². The normalized spacial score (nSPS) is 12.1. The summed E-state index contributed by atoms with van der Waals surface area (Å²) >= 11 is 12.3. The topological polar surface area (TPSA) is 12.4 Å². The Hall–Kier alpha value is 1.31. The van der Waals surface area contributed by atoms with Crippen LogP contribution in [-0.4, -0.2) is 11.3 Å². The molecule has 0 fully saturated rings. The molecule has 0 amide bonds. The molecule has 1 nitrogen and oxygen atoms in total. The first-order valence-corrected chi connectivity index (χ1v) is 13.5. The van der Waals surface area contributed by atoms with Gasteiger partial charge in [-0.25, -0.2) is 0 Å². The SMILES string of the molecule is CC(C)P(=S)(N=P([S-])(c1ccccc1)c1ccccc1)C(C)C.[K+]. The van der Waals surface area contributed by atoms with Crippen LogP contribution in [0.25, 0.3) is 0 Å². The van der Waals surface area contributed by atoms with Gasteiger partial charge in [0.25, 0.3) is 0 Å². The third-order valence-electron chi connectivity index (χ3n) is 3.96. The predicted molar refractivity (Wildman–Crippen MR) is 113 cm³/mol. The van der Waals surface area contributed by atoms with Gasteiger partial charge in [-0.15, -0.1) is 0 Å². The summed E-state index contributed by atoms with van der Waals surface area (Å²) < 4.78 is 5.33. The van der Waals surface area contributed by atoms with E-state index in [0.717, 1.165) is 10.6 Å². The molecule has 2 aromatic rings. The Morgan fingerprint density at radius 3 is 1.42 bits per heavy atom. The fraction of sp³-hybridized carbons (Fsp3) is 0.333. The van der Waals surface area contributed by atoms with E-state index in [2.05, 4.69) is 52.0 Å². The number of nitrogens with zero attached hydrogens (tertiary/aromatic N) is 1. The van der Waals surface area contributed by atoms with E-state index in [1.165, 1.54) is 0 Å². The fourth-order valence-electron chi connectivity index (χ4n) is 2.51. The maximum Gasteiger partial charge on any atom is 1.00 e. The van der Waals surface area contributed by atoms with Gasteiger partial charge in [0.15, 0.2) is 0 Å². The third-order valence-corrected chi connectivity index (χ3v) is 16.1. The molecule has 0 aromatic heterocycles. The molecule has 6 heteroatoms. The van der Waals surface area contributed by atoms with E-state index in [4.69, 9.17) is 28.6 Å². The molecule has 2 rings (SSSR count). The first-order chi connectivity index (χ1) is 10.8. The van der Waals surface area contributed by atoms with Crippen molar-refractivity contribution in [2.24, 2.45) is 4.52 Å². The zero-order chi connectivity index (χ0) is 17.1. The first-order valence-electron chi connectivity index (χ1n) is 7.86. The van der Waals surface area contributed by atoms with Crippen molar-refractivity contribution in [2.45, 2.75) is 39.0 Å². The van der Waals surface area contributed by atoms with Crippen molar-refractivity contribution < 1.29 is 51.4 Å². The van der Waals surface area contributed by atoms with Gasteiger partial charge in [0.1, 0.15) is 0 Å². The van der Waals surface area contributed by atoms with Crippen molar-refractivity contribution in [1.29, 1.82) is 0 Å². The minimum absolute atomic E-state index is 0. The molecule has 0 heterocycles. The van der Waals surface area contributed by atoms with E-state index in [0.29, 0.717) is 11.3 Å². The van der Waals surface area contributed by atoms with Gasteiger partial charge in [-0.05, 0) is 10.6 Å². The van der Waals surface area contributed by atoms with Crippen LogP contribution in [0.3, 0.4) is 0 Å². The van der Waals surface area contributed by atoms with Gasteiger partial charge in [0.05, 0.1) is 6.19 Å². The van der Waals surface area contributed by atoms with Crippen LogP contribution in [0.2, 0.25) is 0 Å². The number of benzene rings is 2. The Bertz CT molecular complexity index is 691. The van der Waals surface area contributed by atoms with Crippen LogP contribution in [0.15, 0.2) is 65.2 Å². The Morgan fingerprint density at radius 1 is 0.792 bits per heavy atom. The van der Waals surface area contributed by atoms with Crippen molar-refractivity contribution in [3.05, 3.63) is 60.7 Å². The molecule has 0 bridgehead atoms. The monoisotopic (exact) mass is 419 g/mol. The van der Waals surface area contributed by atoms with Crippen LogP contribution in [-0.2, 0) is 24.1 Å². The second-order valence-corrected chi connectivity index (χ2v) is 15.8. The third kappa shape index (κ3) is 5.18. The zero-order valence-corrected chi connectivity index (χ0v) is 21.6. The van der Waals surface area contributed by atoms with Crippen molar-refractivity contribution in [3.63, 3.8) is 0 Å². The summed E-state index contributed by atoms with van der Waals surface area (Å²) in [6, 6.07) is 20.7. The Morgan fingerprint density at radius 2 is 1.12 bits per heavy atom. The minimum atomic E-state index is -2.25. The average Bonchev–Trinajstić information content (AvgIpc) is 2.56. The maximum absolute atomic E-state index is 6.23. The van der Waals surface area contributed by atoms with Crippen LogP contribution in [0.4, 0.5) is 0 Å². The minimum Gasteiger partial charge on any atom is -0.730 e. The molecule has 24 heavy (non-hydrogen) atoms. The summed E-state index contributed by atoms with van der Waals surface area (Å²) in [4.78, 5) is 0. The summed E-state index contributed by atoms with van der Waals surface area (Å²) in [6.07, 6.45) is -4.16. The second-order valence-electron chi connectivity index (χ2n) is 6.20. The number of hydrogen-bond donors (Lipinski definition) is 0. The van der Waals surface area contributed by atoms with E-state index >= 15 is 0 Å². The fourth-order valence-corrected chi connectivity index (χ4v) is 12.4.